The molecule has 1 aromatic rings. The van der Waals surface area contributed by atoms with E-state index in [9.17, 15) is 4.79 Å². The number of benzene rings is 1. The molecule has 0 aromatic heterocycles. The normalized spacial score (nSPS) is 26.6. The van der Waals surface area contributed by atoms with Gasteiger partial charge < -0.3 is 15.6 Å². The van der Waals surface area contributed by atoms with Crippen molar-refractivity contribution < 1.29 is 14.6 Å². The summed E-state index contributed by atoms with van der Waals surface area (Å²) in [5, 5.41) is 8.63. The van der Waals surface area contributed by atoms with Crippen LogP contribution in [0.4, 0.5) is 0 Å². The number of ether oxygens (including phenoxy) is 1. The molecule has 0 bridgehead atoms. The first-order valence-corrected chi connectivity index (χ1v) is 6.24. The second-order valence-corrected chi connectivity index (χ2v) is 5.08. The molecule has 1 saturated carbocycles. The molecule has 3 N–H and O–H groups in total. The number of hydrogen-bond donors (Lipinski definition) is 2. The fraction of sp³-hybridized carbons (Fsp3) is 0.500. The largest absolute Gasteiger partial charge is 0.481 e. The topological polar surface area (TPSA) is 72.6 Å². The van der Waals surface area contributed by atoms with Gasteiger partial charge in [-0.2, -0.15) is 0 Å². The van der Waals surface area contributed by atoms with Crippen LogP contribution >= 0.6 is 0 Å². The van der Waals surface area contributed by atoms with Crippen LogP contribution in [0.2, 0.25) is 0 Å². The number of carboxylic acid groups (broad SMARTS) is 1. The second kappa shape index (κ2) is 5.50. The Morgan fingerprint density at radius 3 is 2.67 bits per heavy atom. The first-order valence-electron chi connectivity index (χ1n) is 6.24. The zero-order chi connectivity index (χ0) is 13.0. The van der Waals surface area contributed by atoms with Crippen LogP contribution in [-0.2, 0) is 16.1 Å². The summed E-state index contributed by atoms with van der Waals surface area (Å²) in [6.45, 7) is 0.598. The van der Waals surface area contributed by atoms with Crippen molar-refractivity contribution in [3.05, 3.63) is 35.9 Å². The highest BCUT2D eigenvalue weighted by Crippen LogP contribution is 2.36. The smallest absolute Gasteiger partial charge is 0.303 e. The molecular formula is C14H19NO3. The van der Waals surface area contributed by atoms with Crippen molar-refractivity contribution in [2.75, 3.05) is 0 Å². The average molecular weight is 249 g/mol. The summed E-state index contributed by atoms with van der Waals surface area (Å²) in [6.07, 6.45) is 2.36. The summed E-state index contributed by atoms with van der Waals surface area (Å²) in [5.74, 6) is -0.784. The van der Waals surface area contributed by atoms with Crippen molar-refractivity contribution in [1.82, 2.24) is 0 Å². The standard InChI is InChI=1S/C14H19NO3/c15-14(7-6-13(16)17)8-12(9-14)18-10-11-4-2-1-3-5-11/h1-5,12H,6-10,15H2,(H,16,17). The van der Waals surface area contributed by atoms with Gasteiger partial charge in [-0.3, -0.25) is 4.79 Å². The van der Waals surface area contributed by atoms with Crippen LogP contribution in [0.1, 0.15) is 31.2 Å². The van der Waals surface area contributed by atoms with Gasteiger partial charge in [-0.25, -0.2) is 0 Å². The van der Waals surface area contributed by atoms with Gasteiger partial charge in [-0.1, -0.05) is 30.3 Å². The quantitative estimate of drug-likeness (QED) is 0.808. The maximum absolute atomic E-state index is 10.5. The molecule has 1 aliphatic rings. The van der Waals surface area contributed by atoms with Crippen molar-refractivity contribution in [3.8, 4) is 0 Å². The Kier molecular flexibility index (Phi) is 3.99. The third kappa shape index (κ3) is 3.55. The van der Waals surface area contributed by atoms with Crippen LogP contribution < -0.4 is 5.73 Å². The van der Waals surface area contributed by atoms with Crippen LogP contribution in [-0.4, -0.2) is 22.7 Å². The van der Waals surface area contributed by atoms with Crippen LogP contribution in [0.25, 0.3) is 0 Å². The summed E-state index contributed by atoms with van der Waals surface area (Å²) < 4.78 is 5.74. The zero-order valence-electron chi connectivity index (χ0n) is 10.3. The van der Waals surface area contributed by atoms with Crippen LogP contribution in [0.5, 0.6) is 0 Å². The van der Waals surface area contributed by atoms with E-state index in [0.717, 1.165) is 18.4 Å². The lowest BCUT2D eigenvalue weighted by molar-refractivity contribution is -0.138. The predicted molar refractivity (Wildman–Crippen MR) is 68.0 cm³/mol. The Hall–Kier alpha value is -1.39. The highest BCUT2D eigenvalue weighted by atomic mass is 16.5. The van der Waals surface area contributed by atoms with Gasteiger partial charge in [0.1, 0.15) is 0 Å². The van der Waals surface area contributed by atoms with Crippen molar-refractivity contribution in [1.29, 1.82) is 0 Å². The highest BCUT2D eigenvalue weighted by Gasteiger charge is 2.41. The molecule has 0 spiro atoms. The Morgan fingerprint density at radius 2 is 2.06 bits per heavy atom. The van der Waals surface area contributed by atoms with Gasteiger partial charge in [0, 0.05) is 12.0 Å². The van der Waals surface area contributed by atoms with Gasteiger partial charge in [0.15, 0.2) is 0 Å². The minimum Gasteiger partial charge on any atom is -0.481 e. The van der Waals surface area contributed by atoms with Crippen molar-refractivity contribution in [2.45, 2.75) is 43.9 Å². The summed E-state index contributed by atoms with van der Waals surface area (Å²) in [5.41, 5.74) is 6.88. The van der Waals surface area contributed by atoms with Crippen LogP contribution in [0.15, 0.2) is 30.3 Å². The summed E-state index contributed by atoms with van der Waals surface area (Å²) in [4.78, 5) is 10.5. The SMILES string of the molecule is NC1(CCC(=O)O)CC(OCc2ccccc2)C1. The first kappa shape index (κ1) is 13.1. The first-order chi connectivity index (χ1) is 8.57. The van der Waals surface area contributed by atoms with Crippen LogP contribution in [0.3, 0.4) is 0 Å². The fourth-order valence-electron chi connectivity index (χ4n) is 2.31. The molecule has 98 valence electrons. The maximum Gasteiger partial charge on any atom is 0.303 e. The van der Waals surface area contributed by atoms with Gasteiger partial charge in [0.25, 0.3) is 0 Å². The minimum atomic E-state index is -0.784. The second-order valence-electron chi connectivity index (χ2n) is 5.08. The molecular weight excluding hydrogens is 230 g/mol. The number of rotatable bonds is 6. The predicted octanol–water partition coefficient (Wildman–Crippen LogP) is 1.93. The Labute approximate surface area is 107 Å². The van der Waals surface area contributed by atoms with Crippen molar-refractivity contribution >= 4 is 5.97 Å². The van der Waals surface area contributed by atoms with E-state index in [1.54, 1.807) is 0 Å². The molecule has 0 saturated heterocycles. The van der Waals surface area contributed by atoms with E-state index in [1.807, 2.05) is 30.3 Å². The molecule has 18 heavy (non-hydrogen) atoms. The number of hydrogen-bond acceptors (Lipinski definition) is 3. The highest BCUT2D eigenvalue weighted by molar-refractivity contribution is 5.66. The average Bonchev–Trinajstić information content (AvgIpc) is 2.32. The van der Waals surface area contributed by atoms with Gasteiger partial charge in [0.2, 0.25) is 0 Å². The molecule has 0 atom stereocenters. The van der Waals surface area contributed by atoms with Crippen LogP contribution in [0, 0.1) is 0 Å². The molecule has 1 fully saturated rings. The van der Waals surface area contributed by atoms with E-state index < -0.39 is 5.97 Å². The third-order valence-electron chi connectivity index (χ3n) is 3.43. The summed E-state index contributed by atoms with van der Waals surface area (Å²) >= 11 is 0. The molecule has 4 nitrogen and oxygen atoms in total. The van der Waals surface area contributed by atoms with Gasteiger partial charge in [-0.15, -0.1) is 0 Å². The van der Waals surface area contributed by atoms with Gasteiger partial charge >= 0.3 is 5.97 Å². The van der Waals surface area contributed by atoms with Crippen molar-refractivity contribution in [2.24, 2.45) is 5.73 Å². The Balaban J connectivity index is 1.68. The third-order valence-corrected chi connectivity index (χ3v) is 3.43. The fourth-order valence-corrected chi connectivity index (χ4v) is 2.31. The lowest BCUT2D eigenvalue weighted by atomic mass is 9.72. The van der Waals surface area contributed by atoms with E-state index in [-0.39, 0.29) is 18.1 Å². The molecule has 2 rings (SSSR count). The molecule has 0 heterocycles. The lowest BCUT2D eigenvalue weighted by Crippen LogP contribution is -2.55. The van der Waals surface area contributed by atoms with Crippen molar-refractivity contribution in [3.63, 3.8) is 0 Å². The van der Waals surface area contributed by atoms with Gasteiger partial charge in [0.05, 0.1) is 12.7 Å². The van der Waals surface area contributed by atoms with E-state index >= 15 is 0 Å². The monoisotopic (exact) mass is 249 g/mol. The minimum absolute atomic E-state index is 0.141. The molecule has 1 aromatic carbocycles. The van der Waals surface area contributed by atoms with Gasteiger partial charge in [-0.05, 0) is 24.8 Å². The molecule has 0 radical (unpaired) electrons. The molecule has 0 aliphatic heterocycles. The Morgan fingerprint density at radius 1 is 1.39 bits per heavy atom. The molecule has 0 amide bonds. The summed E-state index contributed by atoms with van der Waals surface area (Å²) in [7, 11) is 0. The summed E-state index contributed by atoms with van der Waals surface area (Å²) in [6, 6.07) is 10.0. The van der Waals surface area contributed by atoms with E-state index in [4.69, 9.17) is 15.6 Å². The maximum atomic E-state index is 10.5. The van der Waals surface area contributed by atoms with E-state index in [2.05, 4.69) is 0 Å². The van der Waals surface area contributed by atoms with E-state index in [0.29, 0.717) is 13.0 Å². The number of aliphatic carboxylic acids is 1. The zero-order valence-corrected chi connectivity index (χ0v) is 10.3. The molecule has 4 heteroatoms. The molecule has 0 unspecified atom stereocenters. The number of carbonyl (C=O) groups is 1. The lowest BCUT2D eigenvalue weighted by Gasteiger charge is -2.44. The van der Waals surface area contributed by atoms with E-state index in [1.165, 1.54) is 0 Å². The number of nitrogens with two attached hydrogens (primary N) is 1. The molecule has 1 aliphatic carbocycles. The Bertz CT molecular complexity index is 399. The number of carboxylic acids is 1.